The number of hydrogen-bond acceptors (Lipinski definition) is 1. The standard InChI is InChI=1S/C9H9BrS/c1-2-11-7-8-3-5-9(10)6-4-8/h2-6H,1,7H2. The van der Waals surface area contributed by atoms with E-state index in [2.05, 4.69) is 46.8 Å². The van der Waals surface area contributed by atoms with Crippen LogP contribution in [0.3, 0.4) is 0 Å². The number of benzene rings is 1. The molecule has 1 aromatic rings. The maximum Gasteiger partial charge on any atom is 0.0225 e. The molecule has 2 heteroatoms. The Hall–Kier alpha value is -0.210. The lowest BCUT2D eigenvalue weighted by Crippen LogP contribution is -1.76. The molecule has 0 radical (unpaired) electrons. The summed E-state index contributed by atoms with van der Waals surface area (Å²) in [6.07, 6.45) is 0. The molecular formula is C9H9BrS. The van der Waals surface area contributed by atoms with E-state index in [9.17, 15) is 0 Å². The average Bonchev–Trinajstić information content (AvgIpc) is 2.04. The van der Waals surface area contributed by atoms with Gasteiger partial charge < -0.3 is 0 Å². The molecule has 0 nitrogen and oxygen atoms in total. The summed E-state index contributed by atoms with van der Waals surface area (Å²) in [6.45, 7) is 3.65. The third kappa shape index (κ3) is 3.12. The van der Waals surface area contributed by atoms with Gasteiger partial charge in [-0.3, -0.25) is 0 Å². The van der Waals surface area contributed by atoms with E-state index < -0.39 is 0 Å². The quantitative estimate of drug-likeness (QED) is 0.759. The molecule has 0 atom stereocenters. The van der Waals surface area contributed by atoms with Crippen molar-refractivity contribution in [2.45, 2.75) is 5.75 Å². The van der Waals surface area contributed by atoms with Gasteiger partial charge in [-0.1, -0.05) is 34.6 Å². The second-order valence-electron chi connectivity index (χ2n) is 2.10. The molecule has 0 fully saturated rings. The van der Waals surface area contributed by atoms with Gasteiger partial charge >= 0.3 is 0 Å². The molecule has 11 heavy (non-hydrogen) atoms. The lowest BCUT2D eigenvalue weighted by molar-refractivity contribution is 1.41. The summed E-state index contributed by atoms with van der Waals surface area (Å²) < 4.78 is 1.13. The minimum absolute atomic E-state index is 1.01. The number of hydrogen-bond donors (Lipinski definition) is 0. The van der Waals surface area contributed by atoms with E-state index in [-0.39, 0.29) is 0 Å². The van der Waals surface area contributed by atoms with Gasteiger partial charge in [-0.15, -0.1) is 11.8 Å². The van der Waals surface area contributed by atoms with Gasteiger partial charge in [0, 0.05) is 10.2 Å². The highest BCUT2D eigenvalue weighted by molar-refractivity contribution is 9.10. The summed E-state index contributed by atoms with van der Waals surface area (Å²) in [5.41, 5.74) is 1.33. The van der Waals surface area contributed by atoms with Gasteiger partial charge in [-0.25, -0.2) is 0 Å². The molecule has 0 saturated heterocycles. The zero-order valence-electron chi connectivity index (χ0n) is 6.09. The third-order valence-electron chi connectivity index (χ3n) is 1.28. The molecule has 0 spiro atoms. The van der Waals surface area contributed by atoms with Crippen molar-refractivity contribution in [2.75, 3.05) is 0 Å². The minimum Gasteiger partial charge on any atom is -0.130 e. The Morgan fingerprint density at radius 2 is 2.00 bits per heavy atom. The maximum absolute atomic E-state index is 3.65. The van der Waals surface area contributed by atoms with Crippen LogP contribution in [0.25, 0.3) is 0 Å². The Morgan fingerprint density at radius 3 is 2.55 bits per heavy atom. The van der Waals surface area contributed by atoms with E-state index in [1.54, 1.807) is 11.8 Å². The Kier molecular flexibility index (Phi) is 3.73. The van der Waals surface area contributed by atoms with Crippen LogP contribution in [-0.4, -0.2) is 0 Å². The molecule has 1 aromatic carbocycles. The highest BCUT2D eigenvalue weighted by atomic mass is 79.9. The fourth-order valence-electron chi connectivity index (χ4n) is 0.736. The second kappa shape index (κ2) is 4.62. The van der Waals surface area contributed by atoms with Gasteiger partial charge in [0.15, 0.2) is 0 Å². The van der Waals surface area contributed by atoms with Crippen LogP contribution < -0.4 is 0 Å². The summed E-state index contributed by atoms with van der Waals surface area (Å²) in [7, 11) is 0. The average molecular weight is 229 g/mol. The SMILES string of the molecule is C=CSCc1ccc(Br)cc1. The van der Waals surface area contributed by atoms with E-state index >= 15 is 0 Å². The topological polar surface area (TPSA) is 0 Å². The highest BCUT2D eigenvalue weighted by Crippen LogP contribution is 2.15. The molecule has 0 aromatic heterocycles. The van der Waals surface area contributed by atoms with E-state index in [4.69, 9.17) is 0 Å². The second-order valence-corrected chi connectivity index (χ2v) is 3.98. The molecule has 0 amide bonds. The smallest absolute Gasteiger partial charge is 0.0225 e. The van der Waals surface area contributed by atoms with Crippen LogP contribution in [-0.2, 0) is 5.75 Å². The van der Waals surface area contributed by atoms with E-state index in [0.717, 1.165) is 10.2 Å². The highest BCUT2D eigenvalue weighted by Gasteiger charge is 1.90. The van der Waals surface area contributed by atoms with Crippen LogP contribution in [0.4, 0.5) is 0 Å². The summed E-state index contributed by atoms with van der Waals surface area (Å²) in [5.74, 6) is 1.01. The van der Waals surface area contributed by atoms with Crippen LogP contribution in [0.1, 0.15) is 5.56 Å². The Labute approximate surface area is 79.8 Å². The van der Waals surface area contributed by atoms with Crippen LogP contribution in [0.5, 0.6) is 0 Å². The van der Waals surface area contributed by atoms with Crippen molar-refractivity contribution < 1.29 is 0 Å². The number of halogens is 1. The van der Waals surface area contributed by atoms with Crippen molar-refractivity contribution in [1.82, 2.24) is 0 Å². The van der Waals surface area contributed by atoms with E-state index in [1.165, 1.54) is 5.56 Å². The summed E-state index contributed by atoms with van der Waals surface area (Å²) >= 11 is 5.10. The van der Waals surface area contributed by atoms with Gasteiger partial charge in [-0.2, -0.15) is 0 Å². The van der Waals surface area contributed by atoms with E-state index in [0.29, 0.717) is 0 Å². The fraction of sp³-hybridized carbons (Fsp3) is 0.111. The largest absolute Gasteiger partial charge is 0.130 e. The lowest BCUT2D eigenvalue weighted by atomic mass is 10.2. The normalized spacial score (nSPS) is 9.55. The summed E-state index contributed by atoms with van der Waals surface area (Å²) in [6, 6.07) is 8.33. The molecule has 0 N–H and O–H groups in total. The Balaban J connectivity index is 2.58. The molecular weight excluding hydrogens is 220 g/mol. The maximum atomic E-state index is 3.65. The van der Waals surface area contributed by atoms with Crippen molar-refractivity contribution >= 4 is 27.7 Å². The van der Waals surface area contributed by atoms with Crippen molar-refractivity contribution in [1.29, 1.82) is 0 Å². The lowest BCUT2D eigenvalue weighted by Gasteiger charge is -1.96. The predicted molar refractivity (Wildman–Crippen MR) is 55.6 cm³/mol. The van der Waals surface area contributed by atoms with Gasteiger partial charge in [0.25, 0.3) is 0 Å². The third-order valence-corrected chi connectivity index (χ3v) is 2.55. The van der Waals surface area contributed by atoms with Crippen molar-refractivity contribution in [3.8, 4) is 0 Å². The van der Waals surface area contributed by atoms with Gasteiger partial charge in [-0.05, 0) is 23.1 Å². The molecule has 0 saturated carbocycles. The number of thioether (sulfide) groups is 1. The first-order valence-electron chi connectivity index (χ1n) is 3.30. The molecule has 1 rings (SSSR count). The Bertz CT molecular complexity index is 228. The first kappa shape index (κ1) is 8.88. The molecule has 0 aliphatic rings. The van der Waals surface area contributed by atoms with Gasteiger partial charge in [0.1, 0.15) is 0 Å². The zero-order valence-corrected chi connectivity index (χ0v) is 8.49. The van der Waals surface area contributed by atoms with Crippen LogP contribution in [0.15, 0.2) is 40.7 Å². The van der Waals surface area contributed by atoms with Crippen molar-refractivity contribution in [3.63, 3.8) is 0 Å². The molecule has 0 aliphatic carbocycles. The van der Waals surface area contributed by atoms with Crippen molar-refractivity contribution in [2.24, 2.45) is 0 Å². The zero-order chi connectivity index (χ0) is 8.10. The van der Waals surface area contributed by atoms with Crippen LogP contribution in [0, 0.1) is 0 Å². The van der Waals surface area contributed by atoms with E-state index in [1.807, 2.05) is 5.41 Å². The van der Waals surface area contributed by atoms with Crippen molar-refractivity contribution in [3.05, 3.63) is 46.3 Å². The first-order chi connectivity index (χ1) is 5.33. The molecule has 0 unspecified atom stereocenters. The molecule has 0 heterocycles. The molecule has 0 aliphatic heterocycles. The predicted octanol–water partition coefficient (Wildman–Crippen LogP) is 3.83. The Morgan fingerprint density at radius 1 is 1.36 bits per heavy atom. The fourth-order valence-corrected chi connectivity index (χ4v) is 1.50. The molecule has 0 bridgehead atoms. The van der Waals surface area contributed by atoms with Crippen LogP contribution >= 0.6 is 27.7 Å². The van der Waals surface area contributed by atoms with Crippen LogP contribution in [0.2, 0.25) is 0 Å². The first-order valence-corrected chi connectivity index (χ1v) is 5.14. The summed E-state index contributed by atoms with van der Waals surface area (Å²) in [4.78, 5) is 0. The van der Waals surface area contributed by atoms with Gasteiger partial charge in [0.2, 0.25) is 0 Å². The van der Waals surface area contributed by atoms with Gasteiger partial charge in [0.05, 0.1) is 0 Å². The summed E-state index contributed by atoms with van der Waals surface area (Å²) in [5, 5.41) is 1.86. The monoisotopic (exact) mass is 228 g/mol. The molecule has 58 valence electrons. The minimum atomic E-state index is 1.01. The number of rotatable bonds is 3.